The van der Waals surface area contributed by atoms with Gasteiger partial charge < -0.3 is 5.32 Å². The molecule has 0 aromatic carbocycles. The first-order valence-corrected chi connectivity index (χ1v) is 4.25. The quantitative estimate of drug-likeness (QED) is 0.616. The lowest BCUT2D eigenvalue weighted by molar-refractivity contribution is -0.125. The van der Waals surface area contributed by atoms with E-state index in [0.29, 0.717) is 5.78 Å². The smallest absolute Gasteiger partial charge is 0.133 e. The average molecular weight is 155 g/mol. The summed E-state index contributed by atoms with van der Waals surface area (Å²) in [5.74, 6) is 0.611. The van der Waals surface area contributed by atoms with Gasteiger partial charge in [0.25, 0.3) is 0 Å². The van der Waals surface area contributed by atoms with Crippen LogP contribution in [-0.2, 0) is 4.79 Å². The van der Waals surface area contributed by atoms with Crippen LogP contribution in [0.3, 0.4) is 0 Å². The Kier molecular flexibility index (Phi) is 2.33. The number of carbonyl (C=O) groups excluding carboxylic acids is 1. The molecular weight excluding hydrogens is 138 g/mol. The average Bonchev–Trinajstić information content (AvgIpc) is 1.85. The second-order valence-corrected chi connectivity index (χ2v) is 4.12. The van der Waals surface area contributed by atoms with Crippen LogP contribution in [0.15, 0.2) is 0 Å². The third kappa shape index (κ3) is 1.80. The fourth-order valence-corrected chi connectivity index (χ4v) is 1.92. The van der Waals surface area contributed by atoms with E-state index in [1.807, 2.05) is 0 Å². The van der Waals surface area contributed by atoms with Gasteiger partial charge in [0.1, 0.15) is 5.78 Å². The molecule has 1 rings (SSSR count). The van der Waals surface area contributed by atoms with E-state index in [4.69, 9.17) is 0 Å². The van der Waals surface area contributed by atoms with E-state index in [2.05, 4.69) is 19.2 Å². The lowest BCUT2D eigenvalue weighted by Crippen LogP contribution is -2.45. The number of hydrogen-bond acceptors (Lipinski definition) is 2. The van der Waals surface area contributed by atoms with Crippen molar-refractivity contribution in [2.75, 3.05) is 13.1 Å². The summed E-state index contributed by atoms with van der Waals surface area (Å²) in [6, 6.07) is 0. The summed E-state index contributed by atoms with van der Waals surface area (Å²) in [6.07, 6.45) is 1.00. The standard InChI is InChI=1S/C9H17NO/c1-7(11)8-4-5-10-6-9(8,2)3/h8,10H,4-6H2,1-3H3. The van der Waals surface area contributed by atoms with E-state index in [1.165, 1.54) is 0 Å². The van der Waals surface area contributed by atoms with Crippen molar-refractivity contribution in [2.24, 2.45) is 11.3 Å². The van der Waals surface area contributed by atoms with E-state index in [-0.39, 0.29) is 11.3 Å². The summed E-state index contributed by atoms with van der Waals surface area (Å²) < 4.78 is 0. The SMILES string of the molecule is CC(=O)C1CCNCC1(C)C. The van der Waals surface area contributed by atoms with Crippen LogP contribution in [0.2, 0.25) is 0 Å². The molecule has 1 aliphatic heterocycles. The third-order valence-corrected chi connectivity index (χ3v) is 2.62. The lowest BCUT2D eigenvalue weighted by atomic mass is 9.73. The Labute approximate surface area is 68.4 Å². The molecule has 1 heterocycles. The molecule has 0 radical (unpaired) electrons. The Morgan fingerprint density at radius 1 is 1.55 bits per heavy atom. The van der Waals surface area contributed by atoms with Crippen molar-refractivity contribution in [3.63, 3.8) is 0 Å². The monoisotopic (exact) mass is 155 g/mol. The van der Waals surface area contributed by atoms with Crippen LogP contribution in [0.1, 0.15) is 27.2 Å². The van der Waals surface area contributed by atoms with Crippen LogP contribution in [0.5, 0.6) is 0 Å². The molecule has 0 aromatic rings. The molecule has 2 nitrogen and oxygen atoms in total. The van der Waals surface area contributed by atoms with Gasteiger partial charge in [0.15, 0.2) is 0 Å². The molecular formula is C9H17NO. The summed E-state index contributed by atoms with van der Waals surface area (Å²) >= 11 is 0. The second kappa shape index (κ2) is 2.94. The summed E-state index contributed by atoms with van der Waals surface area (Å²) in [5.41, 5.74) is 0.157. The highest BCUT2D eigenvalue weighted by Gasteiger charge is 2.34. The van der Waals surface area contributed by atoms with Crippen LogP contribution in [0.4, 0.5) is 0 Å². The van der Waals surface area contributed by atoms with Gasteiger partial charge in [-0.25, -0.2) is 0 Å². The Bertz CT molecular complexity index is 163. The van der Waals surface area contributed by atoms with E-state index < -0.39 is 0 Å². The molecule has 0 aromatic heterocycles. The molecule has 64 valence electrons. The number of Topliss-reactive ketones (excluding diaryl/α,β-unsaturated/α-hetero) is 1. The lowest BCUT2D eigenvalue weighted by Gasteiger charge is -2.37. The highest BCUT2D eigenvalue weighted by molar-refractivity contribution is 5.79. The molecule has 1 atom stereocenters. The molecule has 0 amide bonds. The normalized spacial score (nSPS) is 29.9. The van der Waals surface area contributed by atoms with Crippen molar-refractivity contribution in [1.29, 1.82) is 0 Å². The largest absolute Gasteiger partial charge is 0.316 e. The van der Waals surface area contributed by atoms with Crippen LogP contribution in [0.25, 0.3) is 0 Å². The minimum atomic E-state index is 0.157. The Hall–Kier alpha value is -0.370. The zero-order chi connectivity index (χ0) is 8.48. The topological polar surface area (TPSA) is 29.1 Å². The molecule has 0 aliphatic carbocycles. The number of carbonyl (C=O) groups is 1. The molecule has 1 N–H and O–H groups in total. The van der Waals surface area contributed by atoms with Crippen molar-refractivity contribution in [3.8, 4) is 0 Å². The third-order valence-electron chi connectivity index (χ3n) is 2.62. The molecule has 1 saturated heterocycles. The first-order chi connectivity index (χ1) is 5.04. The molecule has 1 aliphatic rings. The number of rotatable bonds is 1. The van der Waals surface area contributed by atoms with Crippen LogP contribution < -0.4 is 5.32 Å². The minimum Gasteiger partial charge on any atom is -0.316 e. The van der Waals surface area contributed by atoms with Crippen LogP contribution in [0, 0.1) is 11.3 Å². The zero-order valence-corrected chi connectivity index (χ0v) is 7.61. The van der Waals surface area contributed by atoms with Gasteiger partial charge in [0, 0.05) is 12.5 Å². The predicted octanol–water partition coefficient (Wildman–Crippen LogP) is 1.21. The Morgan fingerprint density at radius 3 is 2.55 bits per heavy atom. The molecule has 0 bridgehead atoms. The van der Waals surface area contributed by atoms with Gasteiger partial charge in [-0.2, -0.15) is 0 Å². The van der Waals surface area contributed by atoms with Crippen molar-refractivity contribution >= 4 is 5.78 Å². The molecule has 1 fully saturated rings. The number of nitrogens with one attached hydrogen (secondary N) is 1. The van der Waals surface area contributed by atoms with Gasteiger partial charge in [0.2, 0.25) is 0 Å². The maximum absolute atomic E-state index is 11.2. The van der Waals surface area contributed by atoms with Crippen LogP contribution in [-0.4, -0.2) is 18.9 Å². The maximum atomic E-state index is 11.2. The summed E-state index contributed by atoms with van der Waals surface area (Å²) in [4.78, 5) is 11.2. The summed E-state index contributed by atoms with van der Waals surface area (Å²) in [5, 5.41) is 3.31. The van der Waals surface area contributed by atoms with E-state index >= 15 is 0 Å². The first-order valence-electron chi connectivity index (χ1n) is 4.25. The zero-order valence-electron chi connectivity index (χ0n) is 7.61. The van der Waals surface area contributed by atoms with Gasteiger partial charge in [-0.1, -0.05) is 13.8 Å². The number of hydrogen-bond donors (Lipinski definition) is 1. The van der Waals surface area contributed by atoms with E-state index in [1.54, 1.807) is 6.92 Å². The predicted molar refractivity (Wildman–Crippen MR) is 45.4 cm³/mol. The Balaban J connectivity index is 2.67. The van der Waals surface area contributed by atoms with Crippen LogP contribution >= 0.6 is 0 Å². The Morgan fingerprint density at radius 2 is 2.18 bits per heavy atom. The molecule has 2 heteroatoms. The molecule has 0 spiro atoms. The van der Waals surface area contributed by atoms with E-state index in [9.17, 15) is 4.79 Å². The number of piperidine rings is 1. The minimum absolute atomic E-state index is 0.157. The van der Waals surface area contributed by atoms with Crippen molar-refractivity contribution in [2.45, 2.75) is 27.2 Å². The van der Waals surface area contributed by atoms with Gasteiger partial charge in [-0.15, -0.1) is 0 Å². The van der Waals surface area contributed by atoms with Crippen molar-refractivity contribution in [1.82, 2.24) is 5.32 Å². The van der Waals surface area contributed by atoms with Gasteiger partial charge in [-0.05, 0) is 25.3 Å². The van der Waals surface area contributed by atoms with Gasteiger partial charge in [0.05, 0.1) is 0 Å². The van der Waals surface area contributed by atoms with E-state index in [0.717, 1.165) is 19.5 Å². The first kappa shape index (κ1) is 8.72. The number of ketones is 1. The molecule has 1 unspecified atom stereocenters. The van der Waals surface area contributed by atoms with Gasteiger partial charge >= 0.3 is 0 Å². The summed E-state index contributed by atoms with van der Waals surface area (Å²) in [6.45, 7) is 7.99. The molecule has 11 heavy (non-hydrogen) atoms. The summed E-state index contributed by atoms with van der Waals surface area (Å²) in [7, 11) is 0. The molecule has 0 saturated carbocycles. The fourth-order valence-electron chi connectivity index (χ4n) is 1.92. The highest BCUT2D eigenvalue weighted by Crippen LogP contribution is 2.31. The van der Waals surface area contributed by atoms with Gasteiger partial charge in [-0.3, -0.25) is 4.79 Å². The fraction of sp³-hybridized carbons (Fsp3) is 0.889. The second-order valence-electron chi connectivity index (χ2n) is 4.12. The van der Waals surface area contributed by atoms with Crippen molar-refractivity contribution < 1.29 is 4.79 Å². The highest BCUT2D eigenvalue weighted by atomic mass is 16.1. The van der Waals surface area contributed by atoms with Crippen molar-refractivity contribution in [3.05, 3.63) is 0 Å². The maximum Gasteiger partial charge on any atom is 0.133 e.